The molecular weight excluding hydrogens is 422 g/mol. The van der Waals surface area contributed by atoms with Crippen molar-refractivity contribution in [1.29, 1.82) is 0 Å². The largest absolute Gasteiger partial charge is 0.485 e. The summed E-state index contributed by atoms with van der Waals surface area (Å²) in [6, 6.07) is 0. The molecule has 33 heavy (non-hydrogen) atoms. The number of aromatic nitrogens is 6. The van der Waals surface area contributed by atoms with Gasteiger partial charge in [0.1, 0.15) is 17.8 Å². The molecule has 0 spiro atoms. The third kappa shape index (κ3) is 2.66. The molecule has 4 heterocycles. The zero-order valence-corrected chi connectivity index (χ0v) is 19.2. The smallest absolute Gasteiger partial charge is 0.310 e. The Morgan fingerprint density at radius 3 is 2.58 bits per heavy atom. The lowest BCUT2D eigenvalue weighted by molar-refractivity contribution is -0.230. The van der Waals surface area contributed by atoms with E-state index in [1.165, 1.54) is 0 Å². The number of fused-ring (bicyclic) bond motifs is 1. The lowest BCUT2D eigenvalue weighted by Gasteiger charge is -2.72. The number of aliphatic carboxylic acids is 1. The molecule has 0 unspecified atom stereocenters. The number of hydrogen-bond donors (Lipinski definition) is 1. The predicted octanol–water partition coefficient (Wildman–Crippen LogP) is 2.25. The van der Waals surface area contributed by atoms with Crippen molar-refractivity contribution in [1.82, 2.24) is 29.5 Å². The molecule has 1 N–H and O–H groups in total. The van der Waals surface area contributed by atoms with Crippen molar-refractivity contribution in [3.05, 3.63) is 35.4 Å². The minimum atomic E-state index is -0.685. The summed E-state index contributed by atoms with van der Waals surface area (Å²) in [4.78, 5) is 32.0. The Kier molecular flexibility index (Phi) is 4.07. The van der Waals surface area contributed by atoms with Gasteiger partial charge in [-0.3, -0.25) is 4.79 Å². The van der Waals surface area contributed by atoms with Crippen LogP contribution in [0.2, 0.25) is 0 Å². The molecule has 3 aromatic heterocycles. The SMILES string of the molecule is Cc1nc2nc(C)c(O[C@@H]3CCN(c4cnc(C56CC(C(=O)O)(C5)[C@@H]6C)nc4)C3)c(C)n2n1. The summed E-state index contributed by atoms with van der Waals surface area (Å²) in [6.07, 6.45) is 5.95. The van der Waals surface area contributed by atoms with Crippen molar-refractivity contribution in [2.24, 2.45) is 11.3 Å². The molecule has 4 aliphatic rings. The van der Waals surface area contributed by atoms with Crippen LogP contribution in [0.25, 0.3) is 5.78 Å². The van der Waals surface area contributed by atoms with Crippen molar-refractivity contribution in [3.8, 4) is 5.75 Å². The quantitative estimate of drug-likeness (QED) is 0.625. The van der Waals surface area contributed by atoms with Crippen molar-refractivity contribution in [2.75, 3.05) is 18.0 Å². The average Bonchev–Trinajstić information content (AvgIpc) is 3.36. The molecule has 172 valence electrons. The van der Waals surface area contributed by atoms with E-state index in [1.807, 2.05) is 40.1 Å². The molecule has 0 amide bonds. The van der Waals surface area contributed by atoms with Crippen molar-refractivity contribution in [2.45, 2.75) is 58.5 Å². The van der Waals surface area contributed by atoms with Crippen molar-refractivity contribution in [3.63, 3.8) is 0 Å². The van der Waals surface area contributed by atoms with Gasteiger partial charge >= 0.3 is 5.97 Å². The highest BCUT2D eigenvalue weighted by atomic mass is 16.5. The van der Waals surface area contributed by atoms with Crippen LogP contribution < -0.4 is 9.64 Å². The first kappa shape index (κ1) is 20.3. The van der Waals surface area contributed by atoms with Gasteiger partial charge in [-0.1, -0.05) is 6.92 Å². The summed E-state index contributed by atoms with van der Waals surface area (Å²) < 4.78 is 8.11. The molecule has 2 bridgehead atoms. The third-order valence-electron chi connectivity index (χ3n) is 8.16. The number of nitrogens with zero attached hydrogens (tertiary/aromatic N) is 7. The van der Waals surface area contributed by atoms with E-state index in [4.69, 9.17) is 4.74 Å². The van der Waals surface area contributed by atoms with Gasteiger partial charge in [0, 0.05) is 18.4 Å². The number of carboxylic acid groups (broad SMARTS) is 1. The Labute approximate surface area is 191 Å². The van der Waals surface area contributed by atoms with Gasteiger partial charge in [-0.05, 0) is 39.5 Å². The normalized spacial score (nSPS) is 30.2. The summed E-state index contributed by atoms with van der Waals surface area (Å²) >= 11 is 0. The zero-order valence-electron chi connectivity index (χ0n) is 19.2. The Hall–Kier alpha value is -3.30. The molecule has 3 aliphatic carbocycles. The Bertz CT molecular complexity index is 1280. The van der Waals surface area contributed by atoms with E-state index >= 15 is 0 Å². The summed E-state index contributed by atoms with van der Waals surface area (Å²) in [7, 11) is 0. The third-order valence-corrected chi connectivity index (χ3v) is 8.16. The highest BCUT2D eigenvalue weighted by Gasteiger charge is 2.79. The Balaban J connectivity index is 1.15. The molecule has 2 atom stereocenters. The molecule has 0 aromatic carbocycles. The molecular formula is C23H27N7O3. The fraction of sp³-hybridized carbons (Fsp3) is 0.565. The van der Waals surface area contributed by atoms with Crippen molar-refractivity contribution < 1.29 is 14.6 Å². The van der Waals surface area contributed by atoms with Crippen molar-refractivity contribution >= 4 is 17.4 Å². The Morgan fingerprint density at radius 2 is 1.91 bits per heavy atom. The fourth-order valence-electron chi connectivity index (χ4n) is 6.04. The van der Waals surface area contributed by atoms with Crippen LogP contribution in [-0.2, 0) is 10.2 Å². The van der Waals surface area contributed by atoms with Gasteiger partial charge in [-0.2, -0.15) is 9.50 Å². The van der Waals surface area contributed by atoms with E-state index in [2.05, 4.69) is 29.9 Å². The Morgan fingerprint density at radius 1 is 1.18 bits per heavy atom. The molecule has 3 saturated carbocycles. The molecule has 1 aliphatic heterocycles. The van der Waals surface area contributed by atoms with Crippen LogP contribution in [0, 0.1) is 32.1 Å². The standard InChI is InChI=1S/C23H27N7O3/c1-12-18(13(2)30-21(26-12)27-15(4)28-30)33-17-5-6-29(9-17)16-7-24-19(25-8-16)22-10-23(11-22,14(22)3)20(31)32/h7-8,14,17H,5-6,9-11H2,1-4H3,(H,31,32)/t14-,17-,22?,23?/m1/s1. The second-order valence-electron chi connectivity index (χ2n) is 9.91. The summed E-state index contributed by atoms with van der Waals surface area (Å²) in [6.45, 7) is 9.37. The number of carbonyl (C=O) groups is 1. The number of hydrogen-bond acceptors (Lipinski definition) is 8. The predicted molar refractivity (Wildman–Crippen MR) is 118 cm³/mol. The van der Waals surface area contributed by atoms with E-state index in [-0.39, 0.29) is 17.4 Å². The van der Waals surface area contributed by atoms with E-state index in [0.717, 1.165) is 48.2 Å². The first-order valence-corrected chi connectivity index (χ1v) is 11.4. The number of rotatable bonds is 5. The molecule has 10 heteroatoms. The van der Waals surface area contributed by atoms with Crippen LogP contribution in [0.15, 0.2) is 12.4 Å². The summed E-state index contributed by atoms with van der Waals surface area (Å²) in [5.74, 6) is 2.22. The maximum absolute atomic E-state index is 11.6. The zero-order chi connectivity index (χ0) is 23.1. The maximum Gasteiger partial charge on any atom is 0.310 e. The van der Waals surface area contributed by atoms with Crippen LogP contribution in [0.5, 0.6) is 5.75 Å². The van der Waals surface area contributed by atoms with Gasteiger partial charge in [0.2, 0.25) is 0 Å². The summed E-state index contributed by atoms with van der Waals surface area (Å²) in [5.41, 5.74) is 1.96. The topological polar surface area (TPSA) is 119 Å². The van der Waals surface area contributed by atoms with Gasteiger partial charge in [0.25, 0.3) is 5.78 Å². The minimum Gasteiger partial charge on any atom is -0.485 e. The van der Waals surface area contributed by atoms with Gasteiger partial charge in [0.15, 0.2) is 5.75 Å². The summed E-state index contributed by atoms with van der Waals surface area (Å²) in [5, 5.41) is 13.9. The van der Waals surface area contributed by atoms with Gasteiger partial charge in [-0.25, -0.2) is 15.0 Å². The van der Waals surface area contributed by atoms with Crippen LogP contribution in [0.1, 0.15) is 49.2 Å². The minimum absolute atomic E-state index is 0.0269. The molecule has 7 rings (SSSR count). The fourth-order valence-corrected chi connectivity index (χ4v) is 6.04. The van der Waals surface area contributed by atoms with E-state index in [0.29, 0.717) is 24.4 Å². The average molecular weight is 450 g/mol. The highest BCUT2D eigenvalue weighted by Crippen LogP contribution is 2.76. The second kappa shape index (κ2) is 6.61. The molecule has 0 radical (unpaired) electrons. The highest BCUT2D eigenvalue weighted by molar-refractivity contribution is 5.81. The number of aryl methyl sites for hydroxylation is 3. The van der Waals surface area contributed by atoms with E-state index in [1.54, 1.807) is 4.52 Å². The maximum atomic E-state index is 11.6. The lowest BCUT2D eigenvalue weighted by Crippen LogP contribution is -2.75. The molecule has 1 saturated heterocycles. The number of ether oxygens (including phenoxy) is 1. The van der Waals surface area contributed by atoms with Gasteiger partial charge < -0.3 is 14.7 Å². The number of carboxylic acids is 1. The monoisotopic (exact) mass is 449 g/mol. The molecule has 4 fully saturated rings. The van der Waals surface area contributed by atoms with Crippen LogP contribution in [0.3, 0.4) is 0 Å². The lowest BCUT2D eigenvalue weighted by atomic mass is 9.29. The molecule has 10 nitrogen and oxygen atoms in total. The van der Waals surface area contributed by atoms with E-state index < -0.39 is 11.4 Å². The first-order valence-electron chi connectivity index (χ1n) is 11.4. The molecule has 3 aromatic rings. The second-order valence-corrected chi connectivity index (χ2v) is 9.91. The number of anilines is 1. The van der Waals surface area contributed by atoms with Crippen LogP contribution in [-0.4, -0.2) is 59.8 Å². The first-order chi connectivity index (χ1) is 15.7. The van der Waals surface area contributed by atoms with Gasteiger partial charge in [0.05, 0.1) is 41.4 Å². The van der Waals surface area contributed by atoms with E-state index in [9.17, 15) is 9.90 Å². The van der Waals surface area contributed by atoms with Crippen LogP contribution >= 0.6 is 0 Å². The van der Waals surface area contributed by atoms with Gasteiger partial charge in [-0.15, -0.1) is 5.10 Å². The van der Waals surface area contributed by atoms with Crippen LogP contribution in [0.4, 0.5) is 5.69 Å².